The lowest BCUT2D eigenvalue weighted by molar-refractivity contribution is -0.131. The van der Waals surface area contributed by atoms with E-state index in [1.54, 1.807) is 18.2 Å². The first-order valence-electron chi connectivity index (χ1n) is 5.66. The number of amides is 1. The summed E-state index contributed by atoms with van der Waals surface area (Å²) in [7, 11) is 0. The van der Waals surface area contributed by atoms with Crippen molar-refractivity contribution in [3.05, 3.63) is 46.5 Å². The van der Waals surface area contributed by atoms with Gasteiger partial charge in [0.05, 0.1) is 6.20 Å². The monoisotopic (exact) mass is 289 g/mol. The predicted molar refractivity (Wildman–Crippen MR) is 75.7 cm³/mol. The van der Waals surface area contributed by atoms with Crippen LogP contribution in [0.25, 0.3) is 6.08 Å². The number of hydrogen-bond donors (Lipinski definition) is 2. The summed E-state index contributed by atoms with van der Waals surface area (Å²) in [6.07, 6.45) is 3.96. The lowest BCUT2D eigenvalue weighted by atomic mass is 10.1. The van der Waals surface area contributed by atoms with Gasteiger partial charge in [-0.05, 0) is 47.8 Å². The Morgan fingerprint density at radius 1 is 1.40 bits per heavy atom. The summed E-state index contributed by atoms with van der Waals surface area (Å²) in [5.41, 5.74) is 2.25. The number of anilines is 1. The molecule has 20 heavy (non-hydrogen) atoms. The van der Waals surface area contributed by atoms with Gasteiger partial charge in [-0.15, -0.1) is 5.10 Å². The number of carboxylic acid groups (broad SMARTS) is 1. The third kappa shape index (κ3) is 3.48. The van der Waals surface area contributed by atoms with Gasteiger partial charge in [-0.1, -0.05) is 10.6 Å². The highest BCUT2D eigenvalue weighted by Gasteiger charge is 2.10. The molecule has 0 unspecified atom stereocenters. The molecule has 2 N–H and O–H groups in total. The Hall–Kier alpha value is -2.54. The van der Waals surface area contributed by atoms with Gasteiger partial charge in [-0.3, -0.25) is 4.79 Å². The van der Waals surface area contributed by atoms with E-state index in [-0.39, 0.29) is 5.91 Å². The molecular formula is C13H11N3O3S. The topological polar surface area (TPSA) is 92.2 Å². The van der Waals surface area contributed by atoms with Crippen LogP contribution in [0.1, 0.15) is 20.8 Å². The number of rotatable bonds is 4. The van der Waals surface area contributed by atoms with Crippen LogP contribution in [0.5, 0.6) is 0 Å². The van der Waals surface area contributed by atoms with E-state index in [0.29, 0.717) is 10.6 Å². The maximum absolute atomic E-state index is 11.9. The molecule has 0 saturated heterocycles. The summed E-state index contributed by atoms with van der Waals surface area (Å²) in [6.45, 7) is 1.83. The summed E-state index contributed by atoms with van der Waals surface area (Å²) in [5.74, 6) is -1.27. The number of nitrogens with one attached hydrogen (secondary N) is 1. The van der Waals surface area contributed by atoms with Gasteiger partial charge in [0.2, 0.25) is 0 Å². The zero-order valence-corrected chi connectivity index (χ0v) is 11.3. The number of carboxylic acids is 1. The summed E-state index contributed by atoms with van der Waals surface area (Å²) < 4.78 is 3.63. The SMILES string of the molecule is Cc1cc(C=CC(=O)O)ccc1NC(=O)c1cnns1. The molecule has 0 bridgehead atoms. The first-order valence-corrected chi connectivity index (χ1v) is 6.44. The van der Waals surface area contributed by atoms with Crippen molar-refractivity contribution in [3.63, 3.8) is 0 Å². The van der Waals surface area contributed by atoms with E-state index in [1.165, 1.54) is 12.3 Å². The van der Waals surface area contributed by atoms with Crippen LogP contribution in [0.3, 0.4) is 0 Å². The van der Waals surface area contributed by atoms with Crippen LogP contribution in [0, 0.1) is 6.92 Å². The van der Waals surface area contributed by atoms with Crippen molar-refractivity contribution in [2.45, 2.75) is 6.92 Å². The number of aryl methyl sites for hydroxylation is 1. The minimum atomic E-state index is -1.00. The zero-order valence-electron chi connectivity index (χ0n) is 10.5. The molecule has 1 amide bonds. The standard InChI is InChI=1S/C13H11N3O3S/c1-8-6-9(3-5-12(17)18)2-4-10(8)15-13(19)11-7-14-16-20-11/h2-7H,1H3,(H,15,19)(H,17,18). The summed E-state index contributed by atoms with van der Waals surface area (Å²) in [4.78, 5) is 22.7. The van der Waals surface area contributed by atoms with Crippen LogP contribution >= 0.6 is 11.5 Å². The fourth-order valence-corrected chi connectivity index (χ4v) is 1.96. The molecule has 102 valence electrons. The molecule has 2 aromatic rings. The zero-order chi connectivity index (χ0) is 14.5. The van der Waals surface area contributed by atoms with Gasteiger partial charge in [0.15, 0.2) is 0 Å². The van der Waals surface area contributed by atoms with Gasteiger partial charge in [0, 0.05) is 11.8 Å². The number of carbonyl (C=O) groups excluding carboxylic acids is 1. The first kappa shape index (κ1) is 13.9. The summed E-state index contributed by atoms with van der Waals surface area (Å²) in [6, 6.07) is 5.25. The Bertz CT molecular complexity index is 666. The van der Waals surface area contributed by atoms with Crippen molar-refractivity contribution >= 4 is 35.2 Å². The Labute approximate surface area is 118 Å². The highest BCUT2D eigenvalue weighted by atomic mass is 32.1. The molecule has 0 fully saturated rings. The molecule has 0 radical (unpaired) electrons. The normalized spacial score (nSPS) is 10.7. The number of carbonyl (C=O) groups is 2. The van der Waals surface area contributed by atoms with E-state index < -0.39 is 5.97 Å². The van der Waals surface area contributed by atoms with Crippen molar-refractivity contribution in [1.82, 2.24) is 9.59 Å². The molecule has 2 rings (SSSR count). The van der Waals surface area contributed by atoms with Crippen LogP contribution in [0.4, 0.5) is 5.69 Å². The van der Waals surface area contributed by atoms with Crippen molar-refractivity contribution in [2.24, 2.45) is 0 Å². The Morgan fingerprint density at radius 3 is 2.80 bits per heavy atom. The van der Waals surface area contributed by atoms with Crippen LogP contribution in [-0.4, -0.2) is 26.6 Å². The average Bonchev–Trinajstić information content (AvgIpc) is 2.93. The van der Waals surface area contributed by atoms with E-state index in [0.717, 1.165) is 28.7 Å². The molecule has 1 aromatic carbocycles. The van der Waals surface area contributed by atoms with Crippen molar-refractivity contribution < 1.29 is 14.7 Å². The lowest BCUT2D eigenvalue weighted by Gasteiger charge is -2.07. The van der Waals surface area contributed by atoms with Gasteiger partial charge in [0.25, 0.3) is 5.91 Å². The fourth-order valence-electron chi connectivity index (χ4n) is 1.55. The van der Waals surface area contributed by atoms with Crippen LogP contribution < -0.4 is 5.32 Å². The Kier molecular flexibility index (Phi) is 4.21. The lowest BCUT2D eigenvalue weighted by Crippen LogP contribution is -2.11. The molecule has 0 aliphatic carbocycles. The average molecular weight is 289 g/mol. The van der Waals surface area contributed by atoms with E-state index in [1.807, 2.05) is 6.92 Å². The van der Waals surface area contributed by atoms with E-state index in [4.69, 9.17) is 5.11 Å². The van der Waals surface area contributed by atoms with E-state index >= 15 is 0 Å². The van der Waals surface area contributed by atoms with Gasteiger partial charge in [-0.25, -0.2) is 4.79 Å². The van der Waals surface area contributed by atoms with E-state index in [2.05, 4.69) is 14.9 Å². The smallest absolute Gasteiger partial charge is 0.328 e. The second kappa shape index (κ2) is 6.07. The van der Waals surface area contributed by atoms with Gasteiger partial charge in [0.1, 0.15) is 4.88 Å². The Balaban J connectivity index is 2.14. The maximum Gasteiger partial charge on any atom is 0.328 e. The van der Waals surface area contributed by atoms with Crippen LogP contribution in [-0.2, 0) is 4.79 Å². The highest BCUT2D eigenvalue weighted by molar-refractivity contribution is 7.07. The number of aromatic nitrogens is 2. The van der Waals surface area contributed by atoms with E-state index in [9.17, 15) is 9.59 Å². The van der Waals surface area contributed by atoms with Crippen LogP contribution in [0.2, 0.25) is 0 Å². The second-order valence-corrected chi connectivity index (χ2v) is 4.77. The second-order valence-electron chi connectivity index (χ2n) is 3.98. The molecule has 1 aromatic heterocycles. The minimum Gasteiger partial charge on any atom is -0.478 e. The van der Waals surface area contributed by atoms with Crippen LogP contribution in [0.15, 0.2) is 30.5 Å². The Morgan fingerprint density at radius 2 is 2.20 bits per heavy atom. The summed E-state index contributed by atoms with van der Waals surface area (Å²) in [5, 5.41) is 14.9. The van der Waals surface area contributed by atoms with Gasteiger partial charge < -0.3 is 10.4 Å². The third-order valence-corrected chi connectivity index (χ3v) is 3.17. The van der Waals surface area contributed by atoms with Crippen molar-refractivity contribution in [1.29, 1.82) is 0 Å². The molecule has 0 saturated carbocycles. The van der Waals surface area contributed by atoms with Gasteiger partial charge in [-0.2, -0.15) is 0 Å². The molecule has 0 aliphatic heterocycles. The molecule has 0 atom stereocenters. The largest absolute Gasteiger partial charge is 0.478 e. The molecule has 0 aliphatic rings. The van der Waals surface area contributed by atoms with Gasteiger partial charge >= 0.3 is 5.97 Å². The van der Waals surface area contributed by atoms with Crippen molar-refractivity contribution in [2.75, 3.05) is 5.32 Å². The number of benzene rings is 1. The number of aliphatic carboxylic acids is 1. The molecule has 6 nitrogen and oxygen atoms in total. The minimum absolute atomic E-state index is 0.267. The third-order valence-electron chi connectivity index (χ3n) is 2.50. The molecule has 0 spiro atoms. The fraction of sp³-hybridized carbons (Fsp3) is 0.0769. The number of hydrogen-bond acceptors (Lipinski definition) is 5. The highest BCUT2D eigenvalue weighted by Crippen LogP contribution is 2.18. The maximum atomic E-state index is 11.9. The molecule has 7 heteroatoms. The van der Waals surface area contributed by atoms with Crippen molar-refractivity contribution in [3.8, 4) is 0 Å². The predicted octanol–water partition coefficient (Wildman–Crippen LogP) is 2.20. The molecular weight excluding hydrogens is 278 g/mol. The quantitative estimate of drug-likeness (QED) is 0.842. The summed E-state index contributed by atoms with van der Waals surface area (Å²) >= 11 is 1.02. The molecule has 1 heterocycles. The number of nitrogens with zero attached hydrogens (tertiary/aromatic N) is 2. The first-order chi connectivity index (χ1) is 9.56.